The Morgan fingerprint density at radius 2 is 2.20 bits per heavy atom. The Kier molecular flexibility index (Phi) is 3.42. The molecule has 0 spiro atoms. The summed E-state index contributed by atoms with van der Waals surface area (Å²) in [4.78, 5) is 0. The Morgan fingerprint density at radius 3 is 2.20 bits per heavy atom. The lowest BCUT2D eigenvalue weighted by atomic mass is 10.0. The molecule has 0 saturated heterocycles. The Hall–Kier alpha value is -0.335. The van der Waals surface area contributed by atoms with Gasteiger partial charge >= 0.3 is 7.41 Å². The molecule has 0 unspecified atom stereocenters. The molecule has 5 heavy (non-hydrogen) atoms. The van der Waals surface area contributed by atoms with Gasteiger partial charge in [0.15, 0.2) is 0 Å². The number of rotatable bonds is 1. The summed E-state index contributed by atoms with van der Waals surface area (Å²) in [5, 5.41) is 6.90. The first kappa shape index (κ1) is 4.66. The maximum Gasteiger partial charge on any atom is 0.302 e. The van der Waals surface area contributed by atoms with E-state index < -0.39 is 0 Å². The van der Waals surface area contributed by atoms with Crippen LogP contribution in [-0.4, -0.2) is 14.5 Å². The molecule has 3 heteroatoms. The minimum absolute atomic E-state index is 1.64. The highest BCUT2D eigenvalue weighted by Crippen LogP contribution is 1.59. The van der Waals surface area contributed by atoms with E-state index in [1.807, 2.05) is 6.82 Å². The van der Waals surface area contributed by atoms with Crippen LogP contribution < -0.4 is 0 Å². The molecule has 0 heterocycles. The van der Waals surface area contributed by atoms with Crippen molar-refractivity contribution >= 4 is 7.41 Å². The monoisotopic (exact) mass is 69.1 g/mol. The number of nitrogens with zero attached hydrogens (tertiary/aromatic N) is 2. The van der Waals surface area contributed by atoms with Gasteiger partial charge in [-0.25, -0.2) is 5.11 Å². The predicted molar refractivity (Wildman–Crippen MR) is 22.4 cm³/mol. The molecule has 0 N–H and O–H groups in total. The Morgan fingerprint density at radius 1 is 1.60 bits per heavy atom. The van der Waals surface area contributed by atoms with Crippen LogP contribution in [0.3, 0.4) is 0 Å². The summed E-state index contributed by atoms with van der Waals surface area (Å²) in [6, 6.07) is 0. The van der Waals surface area contributed by atoms with Crippen molar-refractivity contribution in [2.24, 2.45) is 10.1 Å². The van der Waals surface area contributed by atoms with Crippen molar-refractivity contribution in [2.75, 3.05) is 7.05 Å². The van der Waals surface area contributed by atoms with Crippen molar-refractivity contribution in [3.05, 3.63) is 0 Å². The van der Waals surface area contributed by atoms with Gasteiger partial charge in [-0.05, 0) is 0 Å². The molecule has 0 aromatic rings. The summed E-state index contributed by atoms with van der Waals surface area (Å²) >= 11 is 0. The average molecular weight is 68.9 g/mol. The molecule has 0 saturated carbocycles. The van der Waals surface area contributed by atoms with Crippen LogP contribution in [0.2, 0.25) is 6.82 Å². The van der Waals surface area contributed by atoms with Gasteiger partial charge in [-0.2, -0.15) is 0 Å². The van der Waals surface area contributed by atoms with Crippen LogP contribution in [0.4, 0.5) is 0 Å². The minimum Gasteiger partial charge on any atom is -0.266 e. The van der Waals surface area contributed by atoms with Crippen LogP contribution in [0.1, 0.15) is 0 Å². The largest absolute Gasteiger partial charge is 0.302 e. The second-order valence-corrected chi connectivity index (χ2v) is 0.574. The third-order valence-corrected chi connectivity index (χ3v) is 0.231. The normalized spacial score (nSPS) is 9.20. The second kappa shape index (κ2) is 3.66. The molecule has 2 nitrogen and oxygen atoms in total. The molecule has 0 aliphatic heterocycles. The SMILES string of the molecule is C[B]N=NC. The predicted octanol–water partition coefficient (Wildman–Crippen LogP) is 0.736. The van der Waals surface area contributed by atoms with Crippen LogP contribution in [0.5, 0.6) is 0 Å². The standard InChI is InChI=1S/C2H6BN2/c1-3-5-4-2/h1-2H3. The van der Waals surface area contributed by atoms with Crippen molar-refractivity contribution in [2.45, 2.75) is 6.82 Å². The fraction of sp³-hybridized carbons (Fsp3) is 1.00. The highest BCUT2D eigenvalue weighted by atomic mass is 15.0. The fourth-order valence-corrected chi connectivity index (χ4v) is 0.115. The van der Waals surface area contributed by atoms with Gasteiger partial charge in [-0.3, -0.25) is 5.03 Å². The molecule has 0 fully saturated rings. The van der Waals surface area contributed by atoms with Crippen LogP contribution in [0.15, 0.2) is 10.1 Å². The quantitative estimate of drug-likeness (QED) is 0.320. The first-order valence-corrected chi connectivity index (χ1v) is 1.48. The zero-order valence-corrected chi connectivity index (χ0v) is 3.47. The molecule has 0 aromatic carbocycles. The molecule has 0 aliphatic carbocycles. The molecule has 0 aliphatic rings. The van der Waals surface area contributed by atoms with E-state index in [1.165, 1.54) is 0 Å². The molecule has 27 valence electrons. The number of hydrogen-bond donors (Lipinski definition) is 0. The fourth-order valence-electron chi connectivity index (χ4n) is 0.115. The molecule has 0 aromatic heterocycles. The maximum atomic E-state index is 3.47. The highest BCUT2D eigenvalue weighted by Gasteiger charge is 1.60. The lowest BCUT2D eigenvalue weighted by molar-refractivity contribution is 1.23. The van der Waals surface area contributed by atoms with E-state index in [4.69, 9.17) is 0 Å². The van der Waals surface area contributed by atoms with Crippen molar-refractivity contribution in [1.82, 2.24) is 0 Å². The zero-order valence-electron chi connectivity index (χ0n) is 3.47. The third kappa shape index (κ3) is 3.66. The third-order valence-electron chi connectivity index (χ3n) is 0.231. The Balaban J connectivity index is 2.62. The van der Waals surface area contributed by atoms with E-state index in [-0.39, 0.29) is 0 Å². The van der Waals surface area contributed by atoms with Crippen LogP contribution in [-0.2, 0) is 0 Å². The topological polar surface area (TPSA) is 24.7 Å². The summed E-state index contributed by atoms with van der Waals surface area (Å²) in [7, 11) is 3.28. The molecule has 0 atom stereocenters. The highest BCUT2D eigenvalue weighted by molar-refractivity contribution is 6.30. The van der Waals surface area contributed by atoms with E-state index in [2.05, 4.69) is 10.1 Å². The van der Waals surface area contributed by atoms with Crippen LogP contribution >= 0.6 is 0 Å². The van der Waals surface area contributed by atoms with Gasteiger partial charge in [0.2, 0.25) is 0 Å². The smallest absolute Gasteiger partial charge is 0.266 e. The summed E-state index contributed by atoms with van der Waals surface area (Å²) < 4.78 is 0. The lowest BCUT2D eigenvalue weighted by Gasteiger charge is -1.64. The summed E-state index contributed by atoms with van der Waals surface area (Å²) in [6.45, 7) is 1.83. The van der Waals surface area contributed by atoms with Gasteiger partial charge in [0, 0.05) is 7.05 Å². The Bertz CT molecular complexity index is 34.6. The van der Waals surface area contributed by atoms with E-state index in [0.29, 0.717) is 0 Å². The van der Waals surface area contributed by atoms with Crippen molar-refractivity contribution in [3.63, 3.8) is 0 Å². The molecule has 0 amide bonds. The molecular weight excluding hydrogens is 62.8 g/mol. The van der Waals surface area contributed by atoms with E-state index >= 15 is 0 Å². The zero-order chi connectivity index (χ0) is 4.12. The number of hydrogen-bond acceptors (Lipinski definition) is 2. The van der Waals surface area contributed by atoms with Crippen LogP contribution in [0.25, 0.3) is 0 Å². The first-order chi connectivity index (χ1) is 2.41. The van der Waals surface area contributed by atoms with Crippen molar-refractivity contribution in [1.29, 1.82) is 0 Å². The van der Waals surface area contributed by atoms with Gasteiger partial charge < -0.3 is 0 Å². The molecule has 0 rings (SSSR count). The molecule has 1 radical (unpaired) electrons. The van der Waals surface area contributed by atoms with Gasteiger partial charge in [0.25, 0.3) is 0 Å². The van der Waals surface area contributed by atoms with Gasteiger partial charge in [-0.1, -0.05) is 6.82 Å². The van der Waals surface area contributed by atoms with E-state index in [0.717, 1.165) is 0 Å². The molecular formula is C2H6BN2. The summed E-state index contributed by atoms with van der Waals surface area (Å²) in [6.07, 6.45) is 0. The van der Waals surface area contributed by atoms with Crippen molar-refractivity contribution < 1.29 is 0 Å². The van der Waals surface area contributed by atoms with Gasteiger partial charge in [0.05, 0.1) is 0 Å². The van der Waals surface area contributed by atoms with Crippen LogP contribution in [0, 0.1) is 0 Å². The van der Waals surface area contributed by atoms with E-state index in [9.17, 15) is 0 Å². The molecule has 0 bridgehead atoms. The maximum absolute atomic E-state index is 3.47. The minimum atomic E-state index is 1.64. The lowest BCUT2D eigenvalue weighted by Crippen LogP contribution is -1.64. The van der Waals surface area contributed by atoms with Gasteiger partial charge in [0.1, 0.15) is 0 Å². The van der Waals surface area contributed by atoms with Gasteiger partial charge in [-0.15, -0.1) is 0 Å². The summed E-state index contributed by atoms with van der Waals surface area (Å²) in [5.41, 5.74) is 0. The van der Waals surface area contributed by atoms with Crippen molar-refractivity contribution in [3.8, 4) is 0 Å². The van der Waals surface area contributed by atoms with E-state index in [1.54, 1.807) is 14.5 Å². The second-order valence-electron chi connectivity index (χ2n) is 0.574. The Labute approximate surface area is 32.6 Å². The summed E-state index contributed by atoms with van der Waals surface area (Å²) in [5.74, 6) is 0. The first-order valence-electron chi connectivity index (χ1n) is 1.48. The average Bonchev–Trinajstić information content (AvgIpc) is 1.41.